The molecule has 3 rings (SSSR count). The molecule has 5 nitrogen and oxygen atoms in total. The summed E-state index contributed by atoms with van der Waals surface area (Å²) in [6, 6.07) is 2.01. The number of hydrogen-bond acceptors (Lipinski definition) is 4. The van der Waals surface area contributed by atoms with E-state index < -0.39 is 0 Å². The summed E-state index contributed by atoms with van der Waals surface area (Å²) in [6.45, 7) is 2.42. The number of hydrogen-bond donors (Lipinski definition) is 1. The number of nitrogens with one attached hydrogen (secondary N) is 1. The predicted octanol–water partition coefficient (Wildman–Crippen LogP) is 1.16. The van der Waals surface area contributed by atoms with E-state index in [9.17, 15) is 0 Å². The van der Waals surface area contributed by atoms with Gasteiger partial charge in [0.15, 0.2) is 5.17 Å². The van der Waals surface area contributed by atoms with Crippen molar-refractivity contribution in [1.82, 2.24) is 15.1 Å². The summed E-state index contributed by atoms with van der Waals surface area (Å²) in [5.74, 6) is 1.11. The van der Waals surface area contributed by atoms with E-state index in [-0.39, 0.29) is 5.54 Å². The van der Waals surface area contributed by atoms with Crippen molar-refractivity contribution in [2.24, 2.45) is 12.0 Å². The maximum absolute atomic E-state index is 5.43. The third-order valence-corrected chi connectivity index (χ3v) is 4.82. The molecule has 0 atom stereocenters. The number of amidine groups is 1. The van der Waals surface area contributed by atoms with Crippen LogP contribution in [0.5, 0.6) is 0 Å². The highest BCUT2D eigenvalue weighted by molar-refractivity contribution is 8.14. The van der Waals surface area contributed by atoms with E-state index in [0.29, 0.717) is 6.54 Å². The van der Waals surface area contributed by atoms with Gasteiger partial charge in [0.25, 0.3) is 0 Å². The van der Waals surface area contributed by atoms with Crippen LogP contribution in [0, 0.1) is 0 Å². The minimum Gasteiger partial charge on any atom is -0.381 e. The summed E-state index contributed by atoms with van der Waals surface area (Å²) in [4.78, 5) is 4.64. The Balaban J connectivity index is 1.63. The highest BCUT2D eigenvalue weighted by atomic mass is 32.2. The number of aromatic nitrogens is 2. The monoisotopic (exact) mass is 266 g/mol. The Hall–Kier alpha value is -1.01. The predicted molar refractivity (Wildman–Crippen MR) is 72.7 cm³/mol. The smallest absolute Gasteiger partial charge is 0.157 e. The average Bonchev–Trinajstić information content (AvgIpc) is 2.96. The minimum atomic E-state index is 0.230. The SMILES string of the molecule is Cn1nccc1CN=C1NC2(CCOCC2)CS1. The van der Waals surface area contributed by atoms with Crippen LogP contribution in [0.3, 0.4) is 0 Å². The Labute approximate surface area is 111 Å². The average molecular weight is 266 g/mol. The maximum atomic E-state index is 5.43. The summed E-state index contributed by atoms with van der Waals surface area (Å²) >= 11 is 1.83. The lowest BCUT2D eigenvalue weighted by Crippen LogP contribution is -2.48. The van der Waals surface area contributed by atoms with Crippen molar-refractivity contribution in [3.05, 3.63) is 18.0 Å². The molecule has 0 amide bonds. The van der Waals surface area contributed by atoms with E-state index in [4.69, 9.17) is 4.74 Å². The van der Waals surface area contributed by atoms with Gasteiger partial charge >= 0.3 is 0 Å². The minimum absolute atomic E-state index is 0.230. The Bertz CT molecular complexity index is 451. The number of aryl methyl sites for hydroxylation is 1. The van der Waals surface area contributed by atoms with Gasteiger partial charge in [-0.2, -0.15) is 5.10 Å². The first-order chi connectivity index (χ1) is 8.77. The van der Waals surface area contributed by atoms with Gasteiger partial charge in [-0.25, -0.2) is 0 Å². The quantitative estimate of drug-likeness (QED) is 0.873. The topological polar surface area (TPSA) is 51.4 Å². The number of thioether (sulfide) groups is 1. The molecule has 0 aromatic carbocycles. The second kappa shape index (κ2) is 4.93. The van der Waals surface area contributed by atoms with Crippen molar-refractivity contribution in [3.63, 3.8) is 0 Å². The van der Waals surface area contributed by atoms with E-state index in [2.05, 4.69) is 15.4 Å². The van der Waals surface area contributed by atoms with Crippen LogP contribution >= 0.6 is 11.8 Å². The van der Waals surface area contributed by atoms with Gasteiger partial charge in [-0.3, -0.25) is 9.67 Å². The summed E-state index contributed by atoms with van der Waals surface area (Å²) < 4.78 is 7.29. The van der Waals surface area contributed by atoms with Gasteiger partial charge in [0, 0.05) is 32.2 Å². The highest BCUT2D eigenvalue weighted by Crippen LogP contribution is 2.31. The van der Waals surface area contributed by atoms with E-state index >= 15 is 0 Å². The highest BCUT2D eigenvalue weighted by Gasteiger charge is 2.38. The van der Waals surface area contributed by atoms with Crippen molar-refractivity contribution in [2.45, 2.75) is 24.9 Å². The zero-order chi connectivity index (χ0) is 12.4. The zero-order valence-corrected chi connectivity index (χ0v) is 11.4. The van der Waals surface area contributed by atoms with Crippen LogP contribution in [0.15, 0.2) is 17.3 Å². The Morgan fingerprint density at radius 1 is 1.56 bits per heavy atom. The molecular formula is C12H18N4OS. The van der Waals surface area contributed by atoms with Crippen LogP contribution in [0.25, 0.3) is 0 Å². The molecule has 2 aliphatic heterocycles. The first kappa shape index (κ1) is 12.0. The Morgan fingerprint density at radius 2 is 2.39 bits per heavy atom. The van der Waals surface area contributed by atoms with E-state index in [1.54, 1.807) is 0 Å². The van der Waals surface area contributed by atoms with Crippen molar-refractivity contribution >= 4 is 16.9 Å². The van der Waals surface area contributed by atoms with Gasteiger partial charge in [-0.15, -0.1) is 0 Å². The molecule has 2 aliphatic rings. The lowest BCUT2D eigenvalue weighted by Gasteiger charge is -2.32. The third kappa shape index (κ3) is 2.40. The van der Waals surface area contributed by atoms with Gasteiger partial charge in [0.1, 0.15) is 0 Å². The van der Waals surface area contributed by atoms with Crippen molar-refractivity contribution in [2.75, 3.05) is 19.0 Å². The fraction of sp³-hybridized carbons (Fsp3) is 0.667. The van der Waals surface area contributed by atoms with E-state index in [1.165, 1.54) is 0 Å². The zero-order valence-electron chi connectivity index (χ0n) is 10.6. The molecule has 3 heterocycles. The first-order valence-corrected chi connectivity index (χ1v) is 7.26. The summed E-state index contributed by atoms with van der Waals surface area (Å²) in [7, 11) is 1.95. The van der Waals surface area contributed by atoms with Crippen LogP contribution in [-0.2, 0) is 18.3 Å². The third-order valence-electron chi connectivity index (χ3n) is 3.61. The Morgan fingerprint density at radius 3 is 3.11 bits per heavy atom. The molecule has 1 aromatic heterocycles. The number of aliphatic imine (C=N–C) groups is 1. The fourth-order valence-electron chi connectivity index (χ4n) is 2.33. The summed E-state index contributed by atoms with van der Waals surface area (Å²) in [5.41, 5.74) is 1.37. The van der Waals surface area contributed by atoms with Gasteiger partial charge in [0.2, 0.25) is 0 Å². The maximum Gasteiger partial charge on any atom is 0.157 e. The van der Waals surface area contributed by atoms with Crippen LogP contribution in [0.2, 0.25) is 0 Å². The van der Waals surface area contributed by atoms with Crippen molar-refractivity contribution < 1.29 is 4.74 Å². The molecule has 2 fully saturated rings. The standard InChI is InChI=1S/C12H18N4OS/c1-16-10(2-5-14-16)8-13-11-15-12(9-18-11)3-6-17-7-4-12/h2,5H,3-4,6-9H2,1H3,(H,13,15). The molecular weight excluding hydrogens is 248 g/mol. The lowest BCUT2D eigenvalue weighted by atomic mass is 9.93. The second-order valence-corrected chi connectivity index (χ2v) is 5.84. The van der Waals surface area contributed by atoms with Crippen LogP contribution in [-0.4, -0.2) is 39.5 Å². The fourth-order valence-corrected chi connectivity index (χ4v) is 3.55. The number of nitrogens with zero attached hydrogens (tertiary/aromatic N) is 3. The molecule has 0 bridgehead atoms. The van der Waals surface area contributed by atoms with Crippen LogP contribution in [0.4, 0.5) is 0 Å². The van der Waals surface area contributed by atoms with Gasteiger partial charge in [0.05, 0.1) is 17.8 Å². The molecule has 18 heavy (non-hydrogen) atoms. The molecule has 1 spiro atoms. The molecule has 98 valence electrons. The second-order valence-electron chi connectivity index (χ2n) is 4.87. The number of rotatable bonds is 2. The Kier molecular flexibility index (Phi) is 3.30. The van der Waals surface area contributed by atoms with Gasteiger partial charge in [-0.05, 0) is 18.9 Å². The first-order valence-electron chi connectivity index (χ1n) is 6.28. The molecule has 0 aliphatic carbocycles. The van der Waals surface area contributed by atoms with E-state index in [1.807, 2.05) is 35.8 Å². The van der Waals surface area contributed by atoms with Gasteiger partial charge < -0.3 is 10.1 Å². The molecule has 1 N–H and O–H groups in total. The largest absolute Gasteiger partial charge is 0.381 e. The van der Waals surface area contributed by atoms with Crippen molar-refractivity contribution in [3.8, 4) is 0 Å². The van der Waals surface area contributed by atoms with Gasteiger partial charge in [-0.1, -0.05) is 11.8 Å². The molecule has 2 saturated heterocycles. The molecule has 0 radical (unpaired) electrons. The molecule has 6 heteroatoms. The van der Waals surface area contributed by atoms with Crippen molar-refractivity contribution in [1.29, 1.82) is 0 Å². The molecule has 1 aromatic rings. The molecule has 0 unspecified atom stereocenters. The van der Waals surface area contributed by atoms with E-state index in [0.717, 1.165) is 42.7 Å². The lowest BCUT2D eigenvalue weighted by molar-refractivity contribution is 0.0555. The normalized spacial score (nSPS) is 24.6. The number of ether oxygens (including phenoxy) is 1. The van der Waals surface area contributed by atoms with Crippen LogP contribution < -0.4 is 5.32 Å². The molecule has 0 saturated carbocycles. The summed E-state index contributed by atoms with van der Waals surface area (Å²) in [5, 5.41) is 8.81. The summed E-state index contributed by atoms with van der Waals surface area (Å²) in [6.07, 6.45) is 3.99. The van der Waals surface area contributed by atoms with Crippen LogP contribution in [0.1, 0.15) is 18.5 Å².